The van der Waals surface area contributed by atoms with E-state index < -0.39 is 0 Å². The van der Waals surface area contributed by atoms with E-state index in [2.05, 4.69) is 11.9 Å². The molecule has 0 amide bonds. The molecule has 3 nitrogen and oxygen atoms in total. The van der Waals surface area contributed by atoms with Crippen LogP contribution in [-0.4, -0.2) is 15.2 Å². The van der Waals surface area contributed by atoms with Gasteiger partial charge >= 0.3 is 0 Å². The zero-order chi connectivity index (χ0) is 15.6. The van der Waals surface area contributed by atoms with Gasteiger partial charge < -0.3 is 10.2 Å². The minimum atomic E-state index is -0.0851. The number of hydrogen-bond donors (Lipinski definition) is 2. The Balaban J connectivity index is 2.06. The van der Waals surface area contributed by atoms with Crippen LogP contribution in [0.25, 0.3) is 0 Å². The van der Waals surface area contributed by atoms with E-state index >= 15 is 0 Å². The first-order valence-electron chi connectivity index (χ1n) is 7.74. The summed E-state index contributed by atoms with van der Waals surface area (Å²) in [6, 6.07) is 8.89. The van der Waals surface area contributed by atoms with Gasteiger partial charge in [0.05, 0.1) is 4.90 Å². The second kappa shape index (κ2) is 6.21. The predicted octanol–water partition coefficient (Wildman–Crippen LogP) is 4.87. The van der Waals surface area contributed by atoms with Gasteiger partial charge in [0.2, 0.25) is 0 Å². The fourth-order valence-corrected chi connectivity index (χ4v) is 4.44. The van der Waals surface area contributed by atoms with Crippen molar-refractivity contribution in [2.45, 2.75) is 54.4 Å². The molecular formula is C18H21NO2S. The van der Waals surface area contributed by atoms with Crippen molar-refractivity contribution < 1.29 is 10.2 Å². The number of pyridine rings is 1. The summed E-state index contributed by atoms with van der Waals surface area (Å²) in [4.78, 5) is 5.06. The molecule has 2 N–H and O–H groups in total. The molecule has 0 spiro atoms. The fraction of sp³-hybridized carbons (Fsp3) is 0.389. The first-order valence-corrected chi connectivity index (χ1v) is 8.56. The van der Waals surface area contributed by atoms with Gasteiger partial charge in [0.1, 0.15) is 16.5 Å². The number of rotatable bonds is 3. The summed E-state index contributed by atoms with van der Waals surface area (Å²) in [6.45, 7) is 2.20. The molecule has 0 aliphatic heterocycles. The number of benzene rings is 1. The lowest BCUT2D eigenvalue weighted by atomic mass is 9.70. The zero-order valence-corrected chi connectivity index (χ0v) is 13.6. The maximum absolute atomic E-state index is 10.5. The van der Waals surface area contributed by atoms with Crippen molar-refractivity contribution in [1.82, 2.24) is 4.98 Å². The van der Waals surface area contributed by atoms with E-state index in [-0.39, 0.29) is 16.9 Å². The topological polar surface area (TPSA) is 53.4 Å². The first-order chi connectivity index (χ1) is 10.6. The number of phenols is 2. The molecule has 1 heterocycles. The second-order valence-corrected chi connectivity index (χ2v) is 7.23. The highest BCUT2D eigenvalue weighted by atomic mass is 32.2. The number of aromatic hydroxyl groups is 2. The molecule has 1 aromatic heterocycles. The van der Waals surface area contributed by atoms with Crippen LogP contribution in [0.4, 0.5) is 0 Å². The predicted molar refractivity (Wildman–Crippen MR) is 88.6 cm³/mol. The first kappa shape index (κ1) is 15.2. The molecule has 116 valence electrons. The van der Waals surface area contributed by atoms with E-state index in [0.29, 0.717) is 0 Å². The van der Waals surface area contributed by atoms with Gasteiger partial charge in [0.15, 0.2) is 0 Å². The summed E-state index contributed by atoms with van der Waals surface area (Å²) >= 11 is 1.43. The highest BCUT2D eigenvalue weighted by molar-refractivity contribution is 7.99. The van der Waals surface area contributed by atoms with Crippen molar-refractivity contribution in [1.29, 1.82) is 0 Å². The van der Waals surface area contributed by atoms with E-state index in [9.17, 15) is 10.2 Å². The molecule has 4 heteroatoms. The summed E-state index contributed by atoms with van der Waals surface area (Å²) in [5.74, 6) is 0.496. The number of hydrogen-bond acceptors (Lipinski definition) is 4. The van der Waals surface area contributed by atoms with Crippen LogP contribution < -0.4 is 0 Å². The SMILES string of the molecule is CC1(c2c(O)ccc(O)c2Sc2ccccn2)CCCCC1. The average Bonchev–Trinajstić information content (AvgIpc) is 2.52. The van der Waals surface area contributed by atoms with Crippen molar-refractivity contribution in [2.24, 2.45) is 0 Å². The van der Waals surface area contributed by atoms with E-state index in [0.717, 1.165) is 28.3 Å². The molecule has 0 bridgehead atoms. The quantitative estimate of drug-likeness (QED) is 0.794. The number of phenolic OH excluding ortho intramolecular Hbond substituents is 2. The minimum Gasteiger partial charge on any atom is -0.508 e. The van der Waals surface area contributed by atoms with Crippen LogP contribution in [0.2, 0.25) is 0 Å². The van der Waals surface area contributed by atoms with Gasteiger partial charge in [0, 0.05) is 11.8 Å². The molecule has 3 rings (SSSR count). The Morgan fingerprint density at radius 2 is 1.73 bits per heavy atom. The molecular weight excluding hydrogens is 294 g/mol. The van der Waals surface area contributed by atoms with Gasteiger partial charge in [-0.3, -0.25) is 0 Å². The average molecular weight is 315 g/mol. The standard InChI is InChI=1S/C18H21NO2S/c1-18(10-4-2-5-11-18)16-13(20)8-9-14(21)17(16)22-15-7-3-6-12-19-15/h3,6-9,12,20-21H,2,4-5,10-11H2,1H3. The summed E-state index contributed by atoms with van der Waals surface area (Å²) in [7, 11) is 0. The lowest BCUT2D eigenvalue weighted by Crippen LogP contribution is -2.26. The van der Waals surface area contributed by atoms with Gasteiger partial charge in [-0.05, 0) is 42.5 Å². The molecule has 1 aromatic carbocycles. The third kappa shape index (κ3) is 2.93. The number of aromatic nitrogens is 1. The van der Waals surface area contributed by atoms with Gasteiger partial charge in [-0.2, -0.15) is 0 Å². The Kier molecular flexibility index (Phi) is 4.30. The second-order valence-electron chi connectivity index (χ2n) is 6.20. The van der Waals surface area contributed by atoms with Crippen molar-refractivity contribution in [3.05, 3.63) is 42.1 Å². The van der Waals surface area contributed by atoms with Crippen molar-refractivity contribution in [2.75, 3.05) is 0 Å². The van der Waals surface area contributed by atoms with Crippen LogP contribution in [0.15, 0.2) is 46.5 Å². The molecule has 1 fully saturated rings. The van der Waals surface area contributed by atoms with Crippen LogP contribution in [0, 0.1) is 0 Å². The lowest BCUT2D eigenvalue weighted by Gasteiger charge is -2.36. The Hall–Kier alpha value is -1.68. The number of nitrogens with zero attached hydrogens (tertiary/aromatic N) is 1. The lowest BCUT2D eigenvalue weighted by molar-refractivity contribution is 0.300. The third-order valence-electron chi connectivity index (χ3n) is 4.52. The fourth-order valence-electron chi connectivity index (χ4n) is 3.34. The molecule has 1 saturated carbocycles. The maximum atomic E-state index is 10.5. The van der Waals surface area contributed by atoms with Crippen LogP contribution in [0.5, 0.6) is 11.5 Å². The normalized spacial score (nSPS) is 17.3. The minimum absolute atomic E-state index is 0.0851. The highest BCUT2D eigenvalue weighted by Gasteiger charge is 2.34. The summed E-state index contributed by atoms with van der Waals surface area (Å²) < 4.78 is 0. The smallest absolute Gasteiger partial charge is 0.130 e. The largest absolute Gasteiger partial charge is 0.508 e. The monoisotopic (exact) mass is 315 g/mol. The molecule has 2 aromatic rings. The van der Waals surface area contributed by atoms with Crippen molar-refractivity contribution >= 4 is 11.8 Å². The van der Waals surface area contributed by atoms with Gasteiger partial charge in [-0.15, -0.1) is 0 Å². The summed E-state index contributed by atoms with van der Waals surface area (Å²) in [5, 5.41) is 21.7. The van der Waals surface area contributed by atoms with Crippen molar-refractivity contribution in [3.8, 4) is 11.5 Å². The maximum Gasteiger partial charge on any atom is 0.130 e. The molecule has 22 heavy (non-hydrogen) atoms. The van der Waals surface area contributed by atoms with E-state index in [1.165, 1.54) is 31.0 Å². The third-order valence-corrected chi connectivity index (χ3v) is 5.59. The Morgan fingerprint density at radius 3 is 2.41 bits per heavy atom. The van der Waals surface area contributed by atoms with Gasteiger partial charge in [0.25, 0.3) is 0 Å². The van der Waals surface area contributed by atoms with Gasteiger partial charge in [-0.1, -0.05) is 44.0 Å². The molecule has 0 radical (unpaired) electrons. The van der Waals surface area contributed by atoms with Crippen LogP contribution in [-0.2, 0) is 5.41 Å². The Labute approximate surface area is 135 Å². The van der Waals surface area contributed by atoms with Crippen molar-refractivity contribution in [3.63, 3.8) is 0 Å². The Morgan fingerprint density at radius 1 is 1.00 bits per heavy atom. The van der Waals surface area contributed by atoms with E-state index in [4.69, 9.17) is 0 Å². The van der Waals surface area contributed by atoms with Crippen LogP contribution in [0.1, 0.15) is 44.6 Å². The van der Waals surface area contributed by atoms with Gasteiger partial charge in [-0.25, -0.2) is 4.98 Å². The molecule has 1 aliphatic carbocycles. The Bertz CT molecular complexity index is 652. The van der Waals surface area contributed by atoms with Crippen LogP contribution in [0.3, 0.4) is 0 Å². The summed E-state index contributed by atoms with van der Waals surface area (Å²) in [6.07, 6.45) is 7.40. The van der Waals surface area contributed by atoms with Crippen LogP contribution >= 0.6 is 11.8 Å². The zero-order valence-electron chi connectivity index (χ0n) is 12.7. The highest BCUT2D eigenvalue weighted by Crippen LogP contribution is 2.50. The molecule has 0 atom stereocenters. The molecule has 1 aliphatic rings. The van der Waals surface area contributed by atoms with E-state index in [1.807, 2.05) is 18.2 Å². The van der Waals surface area contributed by atoms with E-state index in [1.54, 1.807) is 18.3 Å². The molecule has 0 saturated heterocycles. The molecule has 0 unspecified atom stereocenters. The summed E-state index contributed by atoms with van der Waals surface area (Å²) in [5.41, 5.74) is 0.793.